The number of ether oxygens (including phenoxy) is 3. The predicted molar refractivity (Wildman–Crippen MR) is 132 cm³/mol. The molecular formula is C23H27N7O4S. The standard InChI is InChI=1S/C23H27N7O4S/c1-13-11-24-21(25-12-13)20(33-6)15(3)35-29-23-27-26-22(16-10-14(2)34-28-16)30(23)19-17(31-4)8-7-9-18(19)32-5/h7-12,15,20H,1-6H3,(H,27,29). The highest BCUT2D eigenvalue weighted by atomic mass is 32.2. The number of hydrogen-bond acceptors (Lipinski definition) is 11. The van der Waals surface area contributed by atoms with E-state index in [9.17, 15) is 0 Å². The molecule has 0 saturated carbocycles. The van der Waals surface area contributed by atoms with Gasteiger partial charge in [0, 0.05) is 25.6 Å². The number of benzene rings is 1. The summed E-state index contributed by atoms with van der Waals surface area (Å²) < 4.78 is 27.4. The van der Waals surface area contributed by atoms with Crippen LogP contribution in [-0.4, -0.2) is 56.5 Å². The number of aryl methyl sites for hydroxylation is 2. The maximum absolute atomic E-state index is 5.70. The molecule has 0 saturated heterocycles. The van der Waals surface area contributed by atoms with E-state index >= 15 is 0 Å². The molecule has 3 aromatic heterocycles. The Balaban J connectivity index is 1.71. The van der Waals surface area contributed by atoms with Crippen molar-refractivity contribution in [2.45, 2.75) is 32.1 Å². The van der Waals surface area contributed by atoms with Gasteiger partial charge in [-0.25, -0.2) is 9.97 Å². The van der Waals surface area contributed by atoms with Gasteiger partial charge < -0.3 is 18.7 Å². The monoisotopic (exact) mass is 497 g/mol. The lowest BCUT2D eigenvalue weighted by atomic mass is 10.2. The second kappa shape index (κ2) is 10.7. The van der Waals surface area contributed by atoms with Crippen molar-refractivity contribution >= 4 is 17.9 Å². The van der Waals surface area contributed by atoms with E-state index in [4.69, 9.17) is 18.7 Å². The van der Waals surface area contributed by atoms with Gasteiger partial charge in [-0.3, -0.25) is 9.29 Å². The lowest BCUT2D eigenvalue weighted by molar-refractivity contribution is 0.0972. The van der Waals surface area contributed by atoms with Crippen LogP contribution in [0.5, 0.6) is 11.5 Å². The molecule has 0 aliphatic carbocycles. The van der Waals surface area contributed by atoms with Gasteiger partial charge in [-0.2, -0.15) is 0 Å². The van der Waals surface area contributed by atoms with Crippen LogP contribution in [0.25, 0.3) is 17.2 Å². The Morgan fingerprint density at radius 2 is 1.71 bits per heavy atom. The van der Waals surface area contributed by atoms with Crippen molar-refractivity contribution in [2.24, 2.45) is 0 Å². The summed E-state index contributed by atoms with van der Waals surface area (Å²) in [5.41, 5.74) is 2.13. The van der Waals surface area contributed by atoms with Gasteiger partial charge in [-0.05, 0) is 50.4 Å². The van der Waals surface area contributed by atoms with Gasteiger partial charge in [-0.1, -0.05) is 11.2 Å². The topological polar surface area (TPSA) is 122 Å². The molecule has 0 bridgehead atoms. The first-order valence-electron chi connectivity index (χ1n) is 10.8. The van der Waals surface area contributed by atoms with Crippen LogP contribution in [0.1, 0.15) is 30.2 Å². The van der Waals surface area contributed by atoms with Crippen LogP contribution in [-0.2, 0) is 4.74 Å². The zero-order valence-corrected chi connectivity index (χ0v) is 21.2. The minimum Gasteiger partial charge on any atom is -0.494 e. The van der Waals surface area contributed by atoms with E-state index < -0.39 is 0 Å². The van der Waals surface area contributed by atoms with E-state index in [0.717, 1.165) is 5.56 Å². The molecule has 2 unspecified atom stereocenters. The van der Waals surface area contributed by atoms with E-state index in [1.165, 1.54) is 11.9 Å². The molecule has 4 aromatic rings. The van der Waals surface area contributed by atoms with E-state index in [0.29, 0.717) is 46.2 Å². The third kappa shape index (κ3) is 5.08. The second-order valence-corrected chi connectivity index (χ2v) is 8.90. The molecule has 0 fully saturated rings. The summed E-state index contributed by atoms with van der Waals surface area (Å²) in [6.07, 6.45) is 3.20. The molecule has 0 aliphatic rings. The molecule has 1 N–H and O–H groups in total. The number of hydrogen-bond donors (Lipinski definition) is 1. The van der Waals surface area contributed by atoms with Crippen LogP contribution in [0.4, 0.5) is 5.95 Å². The number of rotatable bonds is 10. The lowest BCUT2D eigenvalue weighted by Crippen LogP contribution is -2.19. The Morgan fingerprint density at radius 1 is 1.03 bits per heavy atom. The van der Waals surface area contributed by atoms with Crippen LogP contribution >= 0.6 is 11.9 Å². The SMILES string of the molecule is COc1cccc(OC)c1-n1c(NSC(C)C(OC)c2ncc(C)cn2)nnc1-c1cc(C)on1. The Hall–Kier alpha value is -3.64. The van der Waals surface area contributed by atoms with E-state index in [1.807, 2.05) is 39.0 Å². The number of methoxy groups -OCH3 is 3. The Labute approximate surface area is 207 Å². The zero-order valence-electron chi connectivity index (χ0n) is 20.3. The van der Waals surface area contributed by atoms with Crippen LogP contribution < -0.4 is 14.2 Å². The number of para-hydroxylation sites is 1. The molecule has 35 heavy (non-hydrogen) atoms. The van der Waals surface area contributed by atoms with Gasteiger partial charge >= 0.3 is 0 Å². The summed E-state index contributed by atoms with van der Waals surface area (Å²) in [5.74, 6) is 3.32. The smallest absolute Gasteiger partial charge is 0.239 e. The van der Waals surface area contributed by atoms with Crippen LogP contribution in [0, 0.1) is 13.8 Å². The molecule has 184 valence electrons. The summed E-state index contributed by atoms with van der Waals surface area (Å²) in [7, 11) is 4.83. The molecule has 0 spiro atoms. The van der Waals surface area contributed by atoms with E-state index in [-0.39, 0.29) is 11.4 Å². The zero-order chi connectivity index (χ0) is 24.9. The van der Waals surface area contributed by atoms with Gasteiger partial charge in [0.15, 0.2) is 17.3 Å². The molecule has 0 amide bonds. The molecule has 11 nitrogen and oxygen atoms in total. The van der Waals surface area contributed by atoms with Crippen molar-refractivity contribution < 1.29 is 18.7 Å². The molecule has 1 aromatic carbocycles. The highest BCUT2D eigenvalue weighted by molar-refractivity contribution is 8.01. The van der Waals surface area contributed by atoms with Crippen LogP contribution in [0.3, 0.4) is 0 Å². The first-order chi connectivity index (χ1) is 17.0. The highest BCUT2D eigenvalue weighted by Gasteiger charge is 2.27. The van der Waals surface area contributed by atoms with Crippen molar-refractivity contribution in [3.05, 3.63) is 53.8 Å². The molecule has 2 atom stereocenters. The third-order valence-electron chi connectivity index (χ3n) is 5.22. The van der Waals surface area contributed by atoms with Crippen molar-refractivity contribution in [1.29, 1.82) is 0 Å². The Kier molecular flexibility index (Phi) is 7.51. The Bertz CT molecular complexity index is 1250. The number of aromatic nitrogens is 6. The fraction of sp³-hybridized carbons (Fsp3) is 0.348. The minimum atomic E-state index is -0.345. The minimum absolute atomic E-state index is 0.0786. The van der Waals surface area contributed by atoms with E-state index in [2.05, 4.69) is 30.0 Å². The summed E-state index contributed by atoms with van der Waals surface area (Å²) in [5, 5.41) is 12.8. The first kappa shape index (κ1) is 24.5. The third-order valence-corrected chi connectivity index (χ3v) is 6.14. The maximum Gasteiger partial charge on any atom is 0.239 e. The van der Waals surface area contributed by atoms with Crippen LogP contribution in [0.2, 0.25) is 0 Å². The van der Waals surface area contributed by atoms with Crippen LogP contribution in [0.15, 0.2) is 41.2 Å². The first-order valence-corrected chi connectivity index (χ1v) is 11.7. The number of anilines is 1. The second-order valence-electron chi connectivity index (χ2n) is 7.72. The number of nitrogens with zero attached hydrogens (tertiary/aromatic N) is 6. The molecule has 4 rings (SSSR count). The normalized spacial score (nSPS) is 12.9. The quantitative estimate of drug-likeness (QED) is 0.317. The Morgan fingerprint density at radius 3 is 2.29 bits per heavy atom. The fourth-order valence-electron chi connectivity index (χ4n) is 3.52. The van der Waals surface area contributed by atoms with Gasteiger partial charge in [-0.15, -0.1) is 10.2 Å². The summed E-state index contributed by atoms with van der Waals surface area (Å²) >= 11 is 1.41. The maximum atomic E-state index is 5.70. The summed E-state index contributed by atoms with van der Waals surface area (Å²) in [4.78, 5) is 8.84. The van der Waals surface area contributed by atoms with Gasteiger partial charge in [0.05, 0.1) is 19.5 Å². The molecule has 0 radical (unpaired) electrons. The van der Waals surface area contributed by atoms with Crippen molar-refractivity contribution in [3.63, 3.8) is 0 Å². The summed E-state index contributed by atoms with van der Waals surface area (Å²) in [6, 6.07) is 7.31. The van der Waals surface area contributed by atoms with Crippen molar-refractivity contribution in [2.75, 3.05) is 26.1 Å². The number of nitrogens with one attached hydrogen (secondary N) is 1. The van der Waals surface area contributed by atoms with Crippen molar-refractivity contribution in [3.8, 4) is 28.7 Å². The lowest BCUT2D eigenvalue weighted by Gasteiger charge is -2.22. The molecular weight excluding hydrogens is 470 g/mol. The van der Waals surface area contributed by atoms with E-state index in [1.54, 1.807) is 44.4 Å². The predicted octanol–water partition coefficient (Wildman–Crippen LogP) is 4.18. The van der Waals surface area contributed by atoms with Crippen molar-refractivity contribution in [1.82, 2.24) is 29.9 Å². The fourth-order valence-corrected chi connectivity index (χ4v) is 4.30. The van der Waals surface area contributed by atoms with Gasteiger partial charge in [0.1, 0.15) is 29.1 Å². The van der Waals surface area contributed by atoms with Gasteiger partial charge in [0.25, 0.3) is 0 Å². The largest absolute Gasteiger partial charge is 0.494 e. The highest BCUT2D eigenvalue weighted by Crippen LogP contribution is 2.38. The summed E-state index contributed by atoms with van der Waals surface area (Å²) in [6.45, 7) is 5.77. The van der Waals surface area contributed by atoms with Gasteiger partial charge in [0.2, 0.25) is 5.95 Å². The molecule has 12 heteroatoms. The average molecular weight is 498 g/mol. The molecule has 3 heterocycles. The molecule has 0 aliphatic heterocycles. The average Bonchev–Trinajstić information content (AvgIpc) is 3.49.